The van der Waals surface area contributed by atoms with E-state index in [4.69, 9.17) is 14.2 Å². The fourth-order valence-corrected chi connectivity index (χ4v) is 5.93. The zero-order chi connectivity index (χ0) is 27.8. The molecule has 0 aromatic rings. The van der Waals surface area contributed by atoms with Crippen LogP contribution in [0, 0.1) is 0 Å². The van der Waals surface area contributed by atoms with E-state index in [1.165, 1.54) is 9.80 Å². The van der Waals surface area contributed by atoms with Gasteiger partial charge in [-0.1, -0.05) is 18.1 Å². The van der Waals surface area contributed by atoms with Gasteiger partial charge in [0, 0.05) is 0 Å². The van der Waals surface area contributed by atoms with Crippen molar-refractivity contribution in [3.63, 3.8) is 0 Å². The number of aliphatic hydroxyl groups excluding tert-OH is 1. The molecular formula is C28H46N2O7. The molecule has 1 saturated carbocycles. The second kappa shape index (κ2) is 10.6. The van der Waals surface area contributed by atoms with Crippen molar-refractivity contribution in [1.29, 1.82) is 0 Å². The van der Waals surface area contributed by atoms with Crippen molar-refractivity contribution in [3.05, 3.63) is 11.6 Å². The van der Waals surface area contributed by atoms with E-state index in [1.807, 2.05) is 19.9 Å². The normalized spacial score (nSPS) is 28.7. The standard InChI is InChI=1S/C28H46N2O7/c1-19(2)16-20-12-15-27(18-31,29(20)23(33)36-25(3,4)5)22(32)21-17-35-28(13-10-9-11-14-28)30(21)24(34)37-26(6,7)8/h16,18,20-22,32H,9-15,17H2,1-8H3/t20-,21+,22+,27+/m1/s1. The predicted octanol–water partition coefficient (Wildman–Crippen LogP) is 4.95. The van der Waals surface area contributed by atoms with Gasteiger partial charge >= 0.3 is 12.2 Å². The van der Waals surface area contributed by atoms with Crippen molar-refractivity contribution in [1.82, 2.24) is 9.80 Å². The molecule has 9 nitrogen and oxygen atoms in total. The molecule has 4 atom stereocenters. The number of rotatable bonds is 4. The first-order valence-corrected chi connectivity index (χ1v) is 13.5. The van der Waals surface area contributed by atoms with Crippen molar-refractivity contribution in [2.45, 2.75) is 141 Å². The molecule has 2 amide bonds. The average Bonchev–Trinajstić information content (AvgIpc) is 3.30. The highest BCUT2D eigenvalue weighted by Gasteiger charge is 2.62. The summed E-state index contributed by atoms with van der Waals surface area (Å²) in [4.78, 5) is 42.9. The van der Waals surface area contributed by atoms with Crippen molar-refractivity contribution >= 4 is 18.5 Å². The van der Waals surface area contributed by atoms with E-state index < -0.39 is 52.8 Å². The van der Waals surface area contributed by atoms with Crippen LogP contribution in [-0.2, 0) is 19.0 Å². The summed E-state index contributed by atoms with van der Waals surface area (Å²) in [6.07, 6.45) is 4.68. The fraction of sp³-hybridized carbons (Fsp3) is 0.821. The first-order chi connectivity index (χ1) is 17.1. The Bertz CT molecular complexity index is 893. The van der Waals surface area contributed by atoms with Crippen LogP contribution < -0.4 is 0 Å². The summed E-state index contributed by atoms with van der Waals surface area (Å²) in [5, 5.41) is 12.0. The second-order valence-corrected chi connectivity index (χ2v) is 13.0. The number of aldehydes is 1. The van der Waals surface area contributed by atoms with Crippen LogP contribution in [0.5, 0.6) is 0 Å². The Morgan fingerprint density at radius 2 is 1.49 bits per heavy atom. The number of aliphatic hydroxyl groups is 1. The number of nitrogens with zero attached hydrogens (tertiary/aromatic N) is 2. The van der Waals surface area contributed by atoms with Crippen LogP contribution in [0.25, 0.3) is 0 Å². The van der Waals surface area contributed by atoms with Gasteiger partial charge in [-0.2, -0.15) is 0 Å². The SMILES string of the molecule is CC(C)=C[C@H]1CC[C@](C=O)([C@@H](O)[C@@H]2COC3(CCCCC3)N2C(=O)OC(C)(C)C)N1C(=O)OC(C)(C)C. The van der Waals surface area contributed by atoms with Gasteiger partial charge in [0.25, 0.3) is 0 Å². The number of hydrogen-bond acceptors (Lipinski definition) is 7. The van der Waals surface area contributed by atoms with Crippen molar-refractivity contribution in [2.75, 3.05) is 6.61 Å². The molecule has 2 heterocycles. The minimum absolute atomic E-state index is 0.0471. The molecule has 210 valence electrons. The van der Waals surface area contributed by atoms with Crippen molar-refractivity contribution < 1.29 is 33.7 Å². The molecule has 1 N–H and O–H groups in total. The first kappa shape index (κ1) is 29.4. The molecule has 3 fully saturated rings. The lowest BCUT2D eigenvalue weighted by atomic mass is 9.84. The molecule has 0 aromatic heterocycles. The van der Waals surface area contributed by atoms with E-state index >= 15 is 0 Å². The first-order valence-electron chi connectivity index (χ1n) is 13.5. The van der Waals surface area contributed by atoms with E-state index in [1.54, 1.807) is 41.5 Å². The topological polar surface area (TPSA) is 106 Å². The second-order valence-electron chi connectivity index (χ2n) is 13.0. The molecule has 1 aliphatic carbocycles. The fourth-order valence-electron chi connectivity index (χ4n) is 5.93. The number of ether oxygens (including phenoxy) is 3. The van der Waals surface area contributed by atoms with Crippen LogP contribution >= 0.6 is 0 Å². The molecule has 37 heavy (non-hydrogen) atoms. The van der Waals surface area contributed by atoms with E-state index in [-0.39, 0.29) is 13.0 Å². The Kier molecular flexibility index (Phi) is 8.40. The van der Waals surface area contributed by atoms with Crippen molar-refractivity contribution in [3.8, 4) is 0 Å². The van der Waals surface area contributed by atoms with E-state index in [9.17, 15) is 19.5 Å². The minimum Gasteiger partial charge on any atom is -0.444 e. The highest BCUT2D eigenvalue weighted by Crippen LogP contribution is 2.46. The molecule has 0 unspecified atom stereocenters. The number of allylic oxidation sites excluding steroid dienone is 1. The lowest BCUT2D eigenvalue weighted by Gasteiger charge is -2.46. The third kappa shape index (κ3) is 6.14. The molecule has 0 aromatic carbocycles. The van der Waals surface area contributed by atoms with Gasteiger partial charge < -0.3 is 24.1 Å². The third-order valence-corrected chi connectivity index (χ3v) is 7.34. The Hall–Kier alpha value is -2.13. The molecule has 3 aliphatic rings. The third-order valence-electron chi connectivity index (χ3n) is 7.34. The summed E-state index contributed by atoms with van der Waals surface area (Å²) in [6.45, 7) is 14.6. The molecule has 2 saturated heterocycles. The zero-order valence-corrected chi connectivity index (χ0v) is 23.8. The number of carbonyl (C=O) groups excluding carboxylic acids is 3. The summed E-state index contributed by atoms with van der Waals surface area (Å²) >= 11 is 0. The van der Waals surface area contributed by atoms with Gasteiger partial charge in [0.1, 0.15) is 34.9 Å². The smallest absolute Gasteiger partial charge is 0.413 e. The molecule has 3 rings (SSSR count). The van der Waals surface area contributed by atoms with Gasteiger partial charge in [-0.3, -0.25) is 9.80 Å². The van der Waals surface area contributed by atoms with Gasteiger partial charge in [0.05, 0.1) is 18.7 Å². The summed E-state index contributed by atoms with van der Waals surface area (Å²) in [7, 11) is 0. The largest absolute Gasteiger partial charge is 0.444 e. The summed E-state index contributed by atoms with van der Waals surface area (Å²) in [5.41, 5.74) is -3.05. The number of carbonyl (C=O) groups is 3. The van der Waals surface area contributed by atoms with Gasteiger partial charge in [-0.05, 0) is 93.9 Å². The molecule has 9 heteroatoms. The van der Waals surface area contributed by atoms with Gasteiger partial charge in [0.2, 0.25) is 0 Å². The quantitative estimate of drug-likeness (QED) is 0.411. The van der Waals surface area contributed by atoms with Crippen LogP contribution in [0.4, 0.5) is 9.59 Å². The zero-order valence-electron chi connectivity index (χ0n) is 23.8. The van der Waals surface area contributed by atoms with Crippen LogP contribution in [0.2, 0.25) is 0 Å². The summed E-state index contributed by atoms with van der Waals surface area (Å²) < 4.78 is 17.8. The molecular weight excluding hydrogens is 476 g/mol. The maximum absolute atomic E-state index is 13.6. The molecule has 2 aliphatic heterocycles. The highest BCUT2D eigenvalue weighted by molar-refractivity contribution is 5.80. The number of hydrogen-bond donors (Lipinski definition) is 1. The molecule has 1 spiro atoms. The van der Waals surface area contributed by atoms with Crippen LogP contribution in [0.15, 0.2) is 11.6 Å². The number of likely N-dealkylation sites (tertiary alicyclic amines) is 1. The molecule has 0 radical (unpaired) electrons. The van der Waals surface area contributed by atoms with E-state index in [0.29, 0.717) is 25.5 Å². The maximum atomic E-state index is 13.6. The monoisotopic (exact) mass is 522 g/mol. The Morgan fingerprint density at radius 3 is 1.97 bits per heavy atom. The lowest BCUT2D eigenvalue weighted by Crippen LogP contribution is -2.66. The number of amides is 2. The molecule has 0 bridgehead atoms. The van der Waals surface area contributed by atoms with Crippen LogP contribution in [0.3, 0.4) is 0 Å². The van der Waals surface area contributed by atoms with Crippen LogP contribution in [0.1, 0.15) is 100 Å². The predicted molar refractivity (Wildman–Crippen MR) is 139 cm³/mol. The highest BCUT2D eigenvalue weighted by atomic mass is 16.6. The van der Waals surface area contributed by atoms with Gasteiger partial charge in [0.15, 0.2) is 0 Å². The van der Waals surface area contributed by atoms with Crippen LogP contribution in [-0.4, -0.2) is 80.6 Å². The lowest BCUT2D eigenvalue weighted by molar-refractivity contribution is -0.133. The maximum Gasteiger partial charge on any atom is 0.413 e. The summed E-state index contributed by atoms with van der Waals surface area (Å²) in [5.74, 6) is 0. The van der Waals surface area contributed by atoms with E-state index in [0.717, 1.165) is 24.8 Å². The van der Waals surface area contributed by atoms with Gasteiger partial charge in [-0.25, -0.2) is 9.59 Å². The minimum atomic E-state index is -1.59. The summed E-state index contributed by atoms with van der Waals surface area (Å²) in [6, 6.07) is -1.30. The van der Waals surface area contributed by atoms with E-state index in [2.05, 4.69) is 0 Å². The Morgan fingerprint density at radius 1 is 0.946 bits per heavy atom. The van der Waals surface area contributed by atoms with Gasteiger partial charge in [-0.15, -0.1) is 0 Å². The van der Waals surface area contributed by atoms with Crippen molar-refractivity contribution in [2.24, 2.45) is 0 Å². The Labute approximate surface area is 221 Å². The Balaban J connectivity index is 2.05. The average molecular weight is 523 g/mol.